The van der Waals surface area contributed by atoms with Crippen LogP contribution >= 0.6 is 11.6 Å². The number of nitrogens with zero attached hydrogens (tertiary/aromatic N) is 1. The number of phenolic OH excluding ortho intramolecular Hbond substituents is 1. The van der Waals surface area contributed by atoms with E-state index in [1.54, 1.807) is 26.0 Å². The normalized spacial score (nSPS) is 10.5. The minimum atomic E-state index is -0.170. The van der Waals surface area contributed by atoms with E-state index in [4.69, 9.17) is 11.6 Å². The molecule has 88 valence electrons. The van der Waals surface area contributed by atoms with Crippen LogP contribution in [0.25, 0.3) is 11.4 Å². The molecular weight excluding hydrogens is 240 g/mol. The number of nitrogens with one attached hydrogen (secondary N) is 1. The van der Waals surface area contributed by atoms with Crippen molar-refractivity contribution < 1.29 is 5.11 Å². The Kier molecular flexibility index (Phi) is 2.90. The lowest BCUT2D eigenvalue weighted by atomic mass is 10.2. The number of H-pyrrole nitrogens is 1. The Morgan fingerprint density at radius 1 is 1.35 bits per heavy atom. The SMILES string of the molecule is Cc1nc(-c2ccc(O)c(Cl)c2)[nH]c(=O)c1C. The van der Waals surface area contributed by atoms with Crippen LogP contribution in [0.4, 0.5) is 0 Å². The Balaban J connectivity index is 2.61. The summed E-state index contributed by atoms with van der Waals surface area (Å²) in [4.78, 5) is 18.6. The van der Waals surface area contributed by atoms with E-state index in [-0.39, 0.29) is 16.3 Å². The first-order chi connectivity index (χ1) is 7.99. The zero-order chi connectivity index (χ0) is 12.6. The number of aryl methyl sites for hydroxylation is 1. The summed E-state index contributed by atoms with van der Waals surface area (Å²) in [5.41, 5.74) is 1.76. The number of benzene rings is 1. The number of phenols is 1. The largest absolute Gasteiger partial charge is 0.506 e. The van der Waals surface area contributed by atoms with Crippen molar-refractivity contribution in [1.29, 1.82) is 0 Å². The summed E-state index contributed by atoms with van der Waals surface area (Å²) in [6, 6.07) is 4.67. The van der Waals surface area contributed by atoms with Crippen LogP contribution in [0.3, 0.4) is 0 Å². The standard InChI is InChI=1S/C12H11ClN2O2/c1-6-7(2)14-11(15-12(6)17)8-3-4-10(16)9(13)5-8/h3-5,16H,1-2H3,(H,14,15,17). The Morgan fingerprint density at radius 3 is 2.65 bits per heavy atom. The molecule has 5 heteroatoms. The fourth-order valence-corrected chi connectivity index (χ4v) is 1.62. The summed E-state index contributed by atoms with van der Waals surface area (Å²) >= 11 is 5.80. The van der Waals surface area contributed by atoms with E-state index in [1.165, 1.54) is 6.07 Å². The third kappa shape index (κ3) is 2.17. The fraction of sp³-hybridized carbons (Fsp3) is 0.167. The number of rotatable bonds is 1. The van der Waals surface area contributed by atoms with Crippen LogP contribution in [-0.2, 0) is 0 Å². The van der Waals surface area contributed by atoms with E-state index in [1.807, 2.05) is 0 Å². The zero-order valence-electron chi connectivity index (χ0n) is 9.41. The molecular formula is C12H11ClN2O2. The predicted molar refractivity (Wildman–Crippen MR) is 66.4 cm³/mol. The minimum Gasteiger partial charge on any atom is -0.506 e. The Morgan fingerprint density at radius 2 is 2.06 bits per heavy atom. The van der Waals surface area contributed by atoms with Crippen molar-refractivity contribution in [2.24, 2.45) is 0 Å². The highest BCUT2D eigenvalue weighted by Gasteiger charge is 2.07. The van der Waals surface area contributed by atoms with Crippen LogP contribution in [0.2, 0.25) is 5.02 Å². The Bertz CT molecular complexity index is 635. The molecule has 0 bridgehead atoms. The smallest absolute Gasteiger partial charge is 0.254 e. The molecule has 0 atom stereocenters. The molecule has 0 aliphatic carbocycles. The maximum atomic E-state index is 11.6. The van der Waals surface area contributed by atoms with Gasteiger partial charge in [-0.05, 0) is 32.0 Å². The summed E-state index contributed by atoms with van der Waals surface area (Å²) in [5, 5.41) is 9.54. The van der Waals surface area contributed by atoms with Gasteiger partial charge in [0.15, 0.2) is 0 Å². The number of hydrogen-bond acceptors (Lipinski definition) is 3. The molecule has 1 aromatic carbocycles. The average Bonchev–Trinajstić information content (AvgIpc) is 2.29. The van der Waals surface area contributed by atoms with E-state index in [9.17, 15) is 9.90 Å². The third-order valence-electron chi connectivity index (χ3n) is 2.62. The number of hydrogen-bond donors (Lipinski definition) is 2. The monoisotopic (exact) mass is 250 g/mol. The van der Waals surface area contributed by atoms with Gasteiger partial charge in [-0.2, -0.15) is 0 Å². The Labute approximate surface area is 103 Å². The van der Waals surface area contributed by atoms with Crippen molar-refractivity contribution in [3.63, 3.8) is 0 Å². The number of aromatic hydroxyl groups is 1. The van der Waals surface area contributed by atoms with Gasteiger partial charge in [-0.3, -0.25) is 4.79 Å². The molecule has 2 rings (SSSR count). The van der Waals surface area contributed by atoms with Gasteiger partial charge in [0.2, 0.25) is 0 Å². The molecule has 0 spiro atoms. The van der Waals surface area contributed by atoms with Crippen LogP contribution in [-0.4, -0.2) is 15.1 Å². The number of aromatic amines is 1. The molecule has 0 radical (unpaired) electrons. The second kappa shape index (κ2) is 4.22. The van der Waals surface area contributed by atoms with Crippen molar-refractivity contribution in [2.75, 3.05) is 0 Å². The maximum absolute atomic E-state index is 11.6. The van der Waals surface area contributed by atoms with Crippen LogP contribution in [0.1, 0.15) is 11.3 Å². The van der Waals surface area contributed by atoms with E-state index < -0.39 is 0 Å². The highest BCUT2D eigenvalue weighted by molar-refractivity contribution is 6.32. The predicted octanol–water partition coefficient (Wildman–Crippen LogP) is 2.41. The number of halogens is 1. The second-order valence-corrected chi connectivity index (χ2v) is 4.20. The van der Waals surface area contributed by atoms with Crippen molar-refractivity contribution in [1.82, 2.24) is 9.97 Å². The van der Waals surface area contributed by atoms with E-state index >= 15 is 0 Å². The lowest BCUT2D eigenvalue weighted by Gasteiger charge is -2.05. The van der Waals surface area contributed by atoms with Crippen molar-refractivity contribution in [3.05, 3.63) is 44.8 Å². The first-order valence-electron chi connectivity index (χ1n) is 5.05. The van der Waals surface area contributed by atoms with Gasteiger partial charge in [0.25, 0.3) is 5.56 Å². The highest BCUT2D eigenvalue weighted by Crippen LogP contribution is 2.27. The average molecular weight is 251 g/mol. The third-order valence-corrected chi connectivity index (χ3v) is 2.92. The molecule has 1 heterocycles. The Hall–Kier alpha value is -1.81. The summed E-state index contributed by atoms with van der Waals surface area (Å²) in [6.45, 7) is 3.49. The molecule has 17 heavy (non-hydrogen) atoms. The summed E-state index contributed by atoms with van der Waals surface area (Å²) in [5.74, 6) is 0.446. The first-order valence-corrected chi connectivity index (χ1v) is 5.43. The van der Waals surface area contributed by atoms with Crippen LogP contribution in [0, 0.1) is 13.8 Å². The van der Waals surface area contributed by atoms with Crippen LogP contribution in [0.5, 0.6) is 5.75 Å². The molecule has 0 aliphatic heterocycles. The fourth-order valence-electron chi connectivity index (χ4n) is 1.44. The van der Waals surface area contributed by atoms with E-state index in [0.29, 0.717) is 22.6 Å². The van der Waals surface area contributed by atoms with Crippen LogP contribution < -0.4 is 5.56 Å². The quantitative estimate of drug-likeness (QED) is 0.817. The first kappa shape index (κ1) is 11.7. The molecule has 4 nitrogen and oxygen atoms in total. The molecule has 0 fully saturated rings. The molecule has 1 aromatic heterocycles. The van der Waals surface area contributed by atoms with Crippen LogP contribution in [0.15, 0.2) is 23.0 Å². The summed E-state index contributed by atoms with van der Waals surface area (Å²) in [6.07, 6.45) is 0. The van der Waals surface area contributed by atoms with Gasteiger partial charge in [0.05, 0.1) is 5.02 Å². The van der Waals surface area contributed by atoms with Crippen molar-refractivity contribution >= 4 is 11.6 Å². The lowest BCUT2D eigenvalue weighted by molar-refractivity contribution is 0.475. The molecule has 0 saturated carbocycles. The molecule has 2 aromatic rings. The lowest BCUT2D eigenvalue weighted by Crippen LogP contribution is -2.14. The van der Waals surface area contributed by atoms with Crippen molar-refractivity contribution in [3.8, 4) is 17.1 Å². The number of aromatic nitrogens is 2. The summed E-state index contributed by atoms with van der Waals surface area (Å²) in [7, 11) is 0. The maximum Gasteiger partial charge on any atom is 0.254 e. The molecule has 0 aliphatic rings. The van der Waals surface area contributed by atoms with Gasteiger partial charge >= 0.3 is 0 Å². The van der Waals surface area contributed by atoms with Gasteiger partial charge in [-0.25, -0.2) is 4.98 Å². The van der Waals surface area contributed by atoms with Gasteiger partial charge in [0, 0.05) is 16.8 Å². The van der Waals surface area contributed by atoms with Crippen molar-refractivity contribution in [2.45, 2.75) is 13.8 Å². The van der Waals surface area contributed by atoms with Gasteiger partial charge in [0.1, 0.15) is 11.6 Å². The van der Waals surface area contributed by atoms with E-state index in [0.717, 1.165) is 0 Å². The topological polar surface area (TPSA) is 66.0 Å². The molecule has 0 amide bonds. The van der Waals surface area contributed by atoms with E-state index in [2.05, 4.69) is 9.97 Å². The molecule has 0 saturated heterocycles. The van der Waals surface area contributed by atoms with Gasteiger partial charge in [-0.1, -0.05) is 11.6 Å². The molecule has 0 unspecified atom stereocenters. The molecule has 2 N–H and O–H groups in total. The zero-order valence-corrected chi connectivity index (χ0v) is 10.2. The highest BCUT2D eigenvalue weighted by atomic mass is 35.5. The summed E-state index contributed by atoms with van der Waals surface area (Å²) < 4.78 is 0. The minimum absolute atomic E-state index is 0.00148. The van der Waals surface area contributed by atoms with Gasteiger partial charge < -0.3 is 10.1 Å². The van der Waals surface area contributed by atoms with Gasteiger partial charge in [-0.15, -0.1) is 0 Å². The second-order valence-electron chi connectivity index (χ2n) is 3.79.